The maximum absolute atomic E-state index is 12.0. The minimum atomic E-state index is -1.11. The zero-order valence-electron chi connectivity index (χ0n) is 23.5. The van der Waals surface area contributed by atoms with Crippen molar-refractivity contribution >= 4 is 52.5 Å². The highest BCUT2D eigenvalue weighted by molar-refractivity contribution is 7.99. The monoisotopic (exact) mass is 666 g/mol. The number of carboxylic acids is 1. The number of carbonyl (C=O) groups is 1. The minimum Gasteiger partial charge on any atom is -0.481 e. The number of ether oxygens (including phenoxy) is 3. The van der Waals surface area contributed by atoms with Crippen molar-refractivity contribution in [1.29, 1.82) is 0 Å². The van der Waals surface area contributed by atoms with Crippen LogP contribution in [0.15, 0.2) is 55.7 Å². The van der Waals surface area contributed by atoms with E-state index in [1.165, 1.54) is 38.5 Å². The second kappa shape index (κ2) is 14.5. The number of hydrogen-bond acceptors (Lipinski definition) is 10. The van der Waals surface area contributed by atoms with E-state index in [1.54, 1.807) is 12.1 Å². The summed E-state index contributed by atoms with van der Waals surface area (Å²) in [5.74, 6) is 1.84. The van der Waals surface area contributed by atoms with Crippen LogP contribution in [0.5, 0.6) is 17.5 Å². The second-order valence-corrected chi connectivity index (χ2v) is 11.5. The maximum Gasteiger partial charge on any atom is 0.442 e. The molecule has 4 rings (SSSR count). The van der Waals surface area contributed by atoms with Crippen LogP contribution in [0, 0.1) is 12.3 Å². The number of hydrogen-bond donors (Lipinski definition) is 1. The summed E-state index contributed by atoms with van der Waals surface area (Å²) in [4.78, 5) is 32.0. The number of aromatic nitrogens is 4. The first kappa shape index (κ1) is 33.6. The molecule has 0 unspecified atom stereocenters. The Labute approximate surface area is 266 Å². The first-order valence-electron chi connectivity index (χ1n) is 12.1. The molecule has 2 heterocycles. The van der Waals surface area contributed by atoms with Crippen LogP contribution < -0.4 is 20.0 Å². The van der Waals surface area contributed by atoms with Crippen LogP contribution in [-0.4, -0.2) is 51.7 Å². The van der Waals surface area contributed by atoms with Crippen molar-refractivity contribution < 1.29 is 28.5 Å². The van der Waals surface area contributed by atoms with E-state index >= 15 is 0 Å². The molecule has 0 amide bonds. The third kappa shape index (κ3) is 8.58. The van der Waals surface area contributed by atoms with Crippen LogP contribution in [-0.2, 0) is 5.41 Å². The van der Waals surface area contributed by atoms with Crippen molar-refractivity contribution in [3.63, 3.8) is 0 Å². The van der Waals surface area contributed by atoms with E-state index in [1.807, 2.05) is 20.8 Å². The van der Waals surface area contributed by atoms with Gasteiger partial charge in [-0.15, -0.1) is 11.5 Å². The Morgan fingerprint density at radius 2 is 1.72 bits per heavy atom. The third-order valence-electron chi connectivity index (χ3n) is 5.20. The van der Waals surface area contributed by atoms with Gasteiger partial charge in [0, 0.05) is 16.4 Å². The Morgan fingerprint density at radius 3 is 2.26 bits per heavy atom. The molecule has 0 aliphatic rings. The smallest absolute Gasteiger partial charge is 0.442 e. The predicted molar refractivity (Wildman–Crippen MR) is 163 cm³/mol. The van der Waals surface area contributed by atoms with E-state index in [0.29, 0.717) is 39.1 Å². The van der Waals surface area contributed by atoms with E-state index in [2.05, 4.69) is 21.0 Å². The lowest BCUT2D eigenvalue weighted by Gasteiger charge is -2.11. The van der Waals surface area contributed by atoms with Crippen LogP contribution in [0.3, 0.4) is 0 Å². The number of terminal acetylenes is 1. The zero-order valence-corrected chi connectivity index (χ0v) is 26.6. The molecule has 15 heteroatoms. The number of aromatic carboxylic acids is 1. The maximum atomic E-state index is 12.0. The number of methoxy groups -OCH3 is 2. The number of benzene rings is 2. The average molecular weight is 668 g/mol. The van der Waals surface area contributed by atoms with Gasteiger partial charge in [0.15, 0.2) is 5.16 Å². The van der Waals surface area contributed by atoms with E-state index in [-0.39, 0.29) is 27.2 Å². The number of halogens is 3. The van der Waals surface area contributed by atoms with Gasteiger partial charge in [0.2, 0.25) is 17.7 Å². The number of rotatable bonds is 8. The summed E-state index contributed by atoms with van der Waals surface area (Å²) >= 11 is 19.2. The molecule has 0 aliphatic carbocycles. The molecule has 2 aromatic carbocycles. The fourth-order valence-corrected chi connectivity index (χ4v) is 4.92. The van der Waals surface area contributed by atoms with Gasteiger partial charge in [-0.05, 0) is 30.0 Å². The van der Waals surface area contributed by atoms with Gasteiger partial charge in [-0.25, -0.2) is 9.59 Å². The van der Waals surface area contributed by atoms with E-state index in [9.17, 15) is 14.7 Å². The summed E-state index contributed by atoms with van der Waals surface area (Å²) in [5, 5.41) is 14.4. The largest absolute Gasteiger partial charge is 0.481 e. The highest BCUT2D eigenvalue weighted by Gasteiger charge is 2.24. The highest BCUT2D eigenvalue weighted by Crippen LogP contribution is 2.34. The Balaban J connectivity index is 0.000000236. The van der Waals surface area contributed by atoms with Crippen LogP contribution >= 0.6 is 46.6 Å². The topological polar surface area (TPSA) is 139 Å². The van der Waals surface area contributed by atoms with Crippen LogP contribution in [0.4, 0.5) is 0 Å². The SMILES string of the molecule is C#CCOc1cc(-n2nc(C(C)(C)C)oc2=O)c(Cl)cc1Cl.COc1cc(OC)nc(Sc2cccc(Cl)c2C(=O)O)n1. The molecule has 43 heavy (non-hydrogen) atoms. The summed E-state index contributed by atoms with van der Waals surface area (Å²) in [6, 6.07) is 9.30. The third-order valence-corrected chi connectivity index (χ3v) is 7.04. The molecule has 0 saturated heterocycles. The molecule has 1 N–H and O–H groups in total. The molecule has 0 atom stereocenters. The van der Waals surface area contributed by atoms with Gasteiger partial charge in [-0.1, -0.05) is 67.6 Å². The normalized spacial score (nSPS) is 10.8. The molecule has 11 nitrogen and oxygen atoms in total. The predicted octanol–water partition coefficient (Wildman–Crippen LogP) is 6.44. The molecule has 0 saturated carbocycles. The highest BCUT2D eigenvalue weighted by atomic mass is 35.5. The quantitative estimate of drug-likeness (QED) is 0.164. The van der Waals surface area contributed by atoms with Gasteiger partial charge in [-0.3, -0.25) is 0 Å². The Hall–Kier alpha value is -3.89. The molecule has 0 aliphatic heterocycles. The average Bonchev–Trinajstić information content (AvgIpc) is 3.34. The van der Waals surface area contributed by atoms with Crippen molar-refractivity contribution in [2.24, 2.45) is 0 Å². The molecular weight excluding hydrogens is 643 g/mol. The van der Waals surface area contributed by atoms with Crippen molar-refractivity contribution in [3.8, 4) is 35.5 Å². The Kier molecular flexibility index (Phi) is 11.4. The lowest BCUT2D eigenvalue weighted by Crippen LogP contribution is -2.15. The zero-order chi connectivity index (χ0) is 31.9. The molecule has 4 aromatic rings. The van der Waals surface area contributed by atoms with Crippen LogP contribution in [0.2, 0.25) is 15.1 Å². The standard InChI is InChI=1S/C15H14Cl2N2O3.C13H11ClN2O4S/c1-5-6-21-12-8-11(9(16)7-10(12)17)19-14(20)22-13(18-19)15(2,3)4;1-19-9-6-10(20-2)16-13(15-9)21-8-5-3-4-7(14)11(8)12(17)18/h1,7-8H,6H2,2-4H3;3-6H,1-2H3,(H,17,18). The Morgan fingerprint density at radius 1 is 1.07 bits per heavy atom. The lowest BCUT2D eigenvalue weighted by atomic mass is 9.97. The van der Waals surface area contributed by atoms with Gasteiger partial charge >= 0.3 is 11.7 Å². The fourth-order valence-electron chi connectivity index (χ4n) is 3.18. The number of nitrogens with zero attached hydrogens (tertiary/aromatic N) is 4. The number of carboxylic acid groups (broad SMARTS) is 1. The molecular formula is C28H25Cl3N4O7S. The van der Waals surface area contributed by atoms with Crippen LogP contribution in [0.1, 0.15) is 37.0 Å². The van der Waals surface area contributed by atoms with Gasteiger partial charge in [0.25, 0.3) is 0 Å². The molecule has 2 aromatic heterocycles. The summed E-state index contributed by atoms with van der Waals surface area (Å²) in [6.07, 6.45) is 5.15. The van der Waals surface area contributed by atoms with Crippen molar-refractivity contribution in [2.45, 2.75) is 36.2 Å². The van der Waals surface area contributed by atoms with E-state index in [0.717, 1.165) is 16.4 Å². The Bertz CT molecular complexity index is 1710. The van der Waals surface area contributed by atoms with Crippen molar-refractivity contribution in [2.75, 3.05) is 20.8 Å². The summed E-state index contributed by atoms with van der Waals surface area (Å²) in [5.41, 5.74) is -0.0940. The van der Waals surface area contributed by atoms with Gasteiger partial charge < -0.3 is 23.7 Å². The lowest BCUT2D eigenvalue weighted by molar-refractivity contribution is 0.0693. The molecule has 0 radical (unpaired) electrons. The summed E-state index contributed by atoms with van der Waals surface area (Å²) in [6.45, 7) is 5.69. The van der Waals surface area contributed by atoms with Gasteiger partial charge in [0.05, 0.1) is 46.6 Å². The van der Waals surface area contributed by atoms with Gasteiger partial charge in [0.1, 0.15) is 12.4 Å². The second-order valence-electron chi connectivity index (χ2n) is 9.32. The molecule has 0 bridgehead atoms. The fraction of sp³-hybridized carbons (Fsp3) is 0.250. The minimum absolute atomic E-state index is 0.00885. The summed E-state index contributed by atoms with van der Waals surface area (Å²) in [7, 11) is 2.94. The van der Waals surface area contributed by atoms with Crippen LogP contribution in [0.25, 0.3) is 5.69 Å². The van der Waals surface area contributed by atoms with Crippen molar-refractivity contribution in [3.05, 3.63) is 73.5 Å². The molecule has 0 fully saturated rings. The van der Waals surface area contributed by atoms with E-state index in [4.69, 9.17) is 59.9 Å². The molecule has 0 spiro atoms. The first-order chi connectivity index (χ1) is 20.3. The summed E-state index contributed by atoms with van der Waals surface area (Å²) < 4.78 is 21.7. The van der Waals surface area contributed by atoms with Gasteiger partial charge in [-0.2, -0.15) is 14.6 Å². The van der Waals surface area contributed by atoms with E-state index < -0.39 is 17.1 Å². The molecule has 226 valence electrons. The van der Waals surface area contributed by atoms with Crippen molar-refractivity contribution in [1.82, 2.24) is 19.7 Å². The first-order valence-corrected chi connectivity index (χ1v) is 14.1.